The summed E-state index contributed by atoms with van der Waals surface area (Å²) in [5.74, 6) is 0.258. The van der Waals surface area contributed by atoms with Crippen molar-refractivity contribution in [3.05, 3.63) is 40.7 Å². The summed E-state index contributed by atoms with van der Waals surface area (Å²) in [6.45, 7) is 6.99. The van der Waals surface area contributed by atoms with Gasteiger partial charge in [-0.25, -0.2) is 4.79 Å². The quantitative estimate of drug-likeness (QED) is 0.770. The molecule has 0 aliphatic carbocycles. The van der Waals surface area contributed by atoms with Crippen LogP contribution in [0.25, 0.3) is 0 Å². The van der Waals surface area contributed by atoms with Crippen molar-refractivity contribution in [2.75, 3.05) is 19.5 Å². The Morgan fingerprint density at radius 1 is 1.12 bits per heavy atom. The largest absolute Gasteiger partial charge is 0.497 e. The van der Waals surface area contributed by atoms with E-state index in [1.54, 1.807) is 53.0 Å². The molecule has 140 valence electrons. The van der Waals surface area contributed by atoms with Gasteiger partial charge in [0.25, 0.3) is 5.91 Å². The van der Waals surface area contributed by atoms with Gasteiger partial charge in [-0.15, -0.1) is 0 Å². The lowest BCUT2D eigenvalue weighted by atomic mass is 10.1. The van der Waals surface area contributed by atoms with Gasteiger partial charge >= 0.3 is 5.97 Å². The van der Waals surface area contributed by atoms with E-state index in [0.717, 1.165) is 0 Å². The molecule has 0 radical (unpaired) electrons. The monoisotopic (exact) mass is 360 g/mol. The third kappa shape index (κ3) is 3.99. The van der Waals surface area contributed by atoms with Gasteiger partial charge in [-0.3, -0.25) is 4.79 Å². The number of methoxy groups -OCH3 is 2. The number of rotatable bonds is 6. The molecular formula is C19H24N2O5. The van der Waals surface area contributed by atoms with E-state index in [1.165, 1.54) is 7.11 Å². The van der Waals surface area contributed by atoms with Crippen LogP contribution >= 0.6 is 0 Å². The maximum Gasteiger partial charge on any atom is 0.340 e. The Morgan fingerprint density at radius 3 is 2.38 bits per heavy atom. The second-order valence-corrected chi connectivity index (χ2v) is 6.10. The van der Waals surface area contributed by atoms with Crippen LogP contribution in [0.3, 0.4) is 0 Å². The van der Waals surface area contributed by atoms with Gasteiger partial charge in [0.2, 0.25) is 0 Å². The molecule has 2 rings (SSSR count). The number of ether oxygens (including phenoxy) is 3. The van der Waals surface area contributed by atoms with Crippen LogP contribution in [0.4, 0.5) is 5.69 Å². The number of hydrogen-bond donors (Lipinski definition) is 2. The molecule has 0 aliphatic rings. The average molecular weight is 360 g/mol. The molecule has 26 heavy (non-hydrogen) atoms. The number of esters is 1. The van der Waals surface area contributed by atoms with Crippen molar-refractivity contribution in [3.8, 4) is 11.5 Å². The first kappa shape index (κ1) is 19.4. The molecule has 2 N–H and O–H groups in total. The predicted octanol–water partition coefficient (Wildman–Crippen LogP) is 3.47. The summed E-state index contributed by atoms with van der Waals surface area (Å²) in [4.78, 5) is 27.9. The molecule has 0 saturated carbocycles. The molecule has 0 saturated heterocycles. The highest BCUT2D eigenvalue weighted by atomic mass is 16.5. The fourth-order valence-electron chi connectivity index (χ4n) is 2.64. The zero-order valence-electron chi connectivity index (χ0n) is 15.9. The number of aryl methyl sites for hydroxylation is 1. The smallest absolute Gasteiger partial charge is 0.340 e. The number of carbonyl (C=O) groups is 2. The van der Waals surface area contributed by atoms with Crippen LogP contribution in [0.5, 0.6) is 11.5 Å². The molecule has 1 aromatic carbocycles. The number of anilines is 1. The molecule has 2 aromatic rings. The first-order chi connectivity index (χ1) is 12.3. The minimum atomic E-state index is -0.452. The van der Waals surface area contributed by atoms with Crippen LogP contribution < -0.4 is 14.8 Å². The van der Waals surface area contributed by atoms with Crippen LogP contribution in [0, 0.1) is 13.8 Å². The van der Waals surface area contributed by atoms with Gasteiger partial charge in [0, 0.05) is 11.8 Å². The lowest BCUT2D eigenvalue weighted by molar-refractivity contribution is 0.0376. The van der Waals surface area contributed by atoms with E-state index in [-0.39, 0.29) is 12.0 Å². The van der Waals surface area contributed by atoms with E-state index in [0.29, 0.717) is 39.7 Å². The Labute approximate surface area is 152 Å². The van der Waals surface area contributed by atoms with Gasteiger partial charge in [0.15, 0.2) is 0 Å². The van der Waals surface area contributed by atoms with E-state index in [9.17, 15) is 9.59 Å². The first-order valence-corrected chi connectivity index (χ1v) is 8.22. The summed E-state index contributed by atoms with van der Waals surface area (Å²) in [7, 11) is 3.06. The zero-order chi connectivity index (χ0) is 19.4. The van der Waals surface area contributed by atoms with Crippen molar-refractivity contribution in [2.45, 2.75) is 33.8 Å². The molecule has 7 nitrogen and oxygen atoms in total. The summed E-state index contributed by atoms with van der Waals surface area (Å²) in [5.41, 5.74) is 2.30. The van der Waals surface area contributed by atoms with E-state index in [1.807, 2.05) is 0 Å². The third-order valence-electron chi connectivity index (χ3n) is 3.87. The minimum Gasteiger partial charge on any atom is -0.497 e. The number of H-pyrrole nitrogens is 1. The lowest BCUT2D eigenvalue weighted by Crippen LogP contribution is -2.15. The van der Waals surface area contributed by atoms with Crippen molar-refractivity contribution in [2.24, 2.45) is 0 Å². The van der Waals surface area contributed by atoms with Crippen LogP contribution in [0.1, 0.15) is 46.0 Å². The van der Waals surface area contributed by atoms with Crippen molar-refractivity contribution >= 4 is 17.6 Å². The van der Waals surface area contributed by atoms with Crippen molar-refractivity contribution in [3.63, 3.8) is 0 Å². The van der Waals surface area contributed by atoms with E-state index in [4.69, 9.17) is 14.2 Å². The number of aromatic nitrogens is 1. The van der Waals surface area contributed by atoms with Gasteiger partial charge in [-0.05, 0) is 45.4 Å². The number of benzene rings is 1. The fraction of sp³-hybridized carbons (Fsp3) is 0.368. The Balaban J connectivity index is 2.30. The summed E-state index contributed by atoms with van der Waals surface area (Å²) < 4.78 is 15.7. The number of carbonyl (C=O) groups excluding carboxylic acids is 2. The standard InChI is InChI=1S/C19H24N2O5/c1-10(2)26-19(23)16-11(3)17(20-12(16)4)18(22)21-14-8-7-13(24-5)9-15(14)25-6/h7-10,20H,1-6H3,(H,21,22). The number of amides is 1. The summed E-state index contributed by atoms with van der Waals surface area (Å²) in [5, 5.41) is 2.79. The van der Waals surface area contributed by atoms with Gasteiger partial charge in [-0.1, -0.05) is 0 Å². The molecule has 0 unspecified atom stereocenters. The highest BCUT2D eigenvalue weighted by Gasteiger charge is 2.24. The summed E-state index contributed by atoms with van der Waals surface area (Å²) in [6.07, 6.45) is -0.239. The fourth-order valence-corrected chi connectivity index (χ4v) is 2.64. The number of aromatic amines is 1. The molecule has 1 heterocycles. The van der Waals surface area contributed by atoms with Crippen LogP contribution in [0.2, 0.25) is 0 Å². The topological polar surface area (TPSA) is 89.7 Å². The maximum atomic E-state index is 12.7. The summed E-state index contributed by atoms with van der Waals surface area (Å²) in [6, 6.07) is 5.08. The molecule has 0 atom stereocenters. The van der Waals surface area contributed by atoms with Crippen LogP contribution in [0.15, 0.2) is 18.2 Å². The first-order valence-electron chi connectivity index (χ1n) is 8.22. The van der Waals surface area contributed by atoms with E-state index >= 15 is 0 Å². The van der Waals surface area contributed by atoms with Crippen molar-refractivity contribution in [1.82, 2.24) is 4.98 Å². The zero-order valence-corrected chi connectivity index (χ0v) is 15.9. The third-order valence-corrected chi connectivity index (χ3v) is 3.87. The maximum absolute atomic E-state index is 12.7. The Hall–Kier alpha value is -2.96. The second-order valence-electron chi connectivity index (χ2n) is 6.10. The Morgan fingerprint density at radius 2 is 1.81 bits per heavy atom. The van der Waals surface area contributed by atoms with Gasteiger partial charge in [-0.2, -0.15) is 0 Å². The molecule has 0 aliphatic heterocycles. The Kier molecular flexibility index (Phi) is 5.92. The van der Waals surface area contributed by atoms with Crippen LogP contribution in [-0.2, 0) is 4.74 Å². The van der Waals surface area contributed by atoms with Crippen LogP contribution in [-0.4, -0.2) is 37.2 Å². The SMILES string of the molecule is COc1ccc(NC(=O)c2[nH]c(C)c(C(=O)OC(C)C)c2C)c(OC)c1. The molecule has 0 fully saturated rings. The molecule has 1 aromatic heterocycles. The summed E-state index contributed by atoms with van der Waals surface area (Å²) >= 11 is 0. The second kappa shape index (κ2) is 7.95. The molecule has 1 amide bonds. The normalized spacial score (nSPS) is 10.6. The predicted molar refractivity (Wildman–Crippen MR) is 98.3 cm³/mol. The Bertz CT molecular complexity index is 824. The van der Waals surface area contributed by atoms with E-state index in [2.05, 4.69) is 10.3 Å². The van der Waals surface area contributed by atoms with Crippen molar-refractivity contribution in [1.29, 1.82) is 0 Å². The molecular weight excluding hydrogens is 336 g/mol. The highest BCUT2D eigenvalue weighted by molar-refractivity contribution is 6.07. The number of nitrogens with one attached hydrogen (secondary N) is 2. The molecule has 0 spiro atoms. The molecule has 0 bridgehead atoms. The highest BCUT2D eigenvalue weighted by Crippen LogP contribution is 2.30. The van der Waals surface area contributed by atoms with Gasteiger partial charge in [0.1, 0.15) is 17.2 Å². The van der Waals surface area contributed by atoms with Gasteiger partial charge < -0.3 is 24.5 Å². The molecule has 7 heteroatoms. The lowest BCUT2D eigenvalue weighted by Gasteiger charge is -2.11. The van der Waals surface area contributed by atoms with E-state index < -0.39 is 5.97 Å². The van der Waals surface area contributed by atoms with Gasteiger partial charge in [0.05, 0.1) is 31.6 Å². The minimum absolute atomic E-state index is 0.239. The van der Waals surface area contributed by atoms with Crippen molar-refractivity contribution < 1.29 is 23.8 Å². The number of hydrogen-bond acceptors (Lipinski definition) is 5. The average Bonchev–Trinajstić information content (AvgIpc) is 2.89.